The second kappa shape index (κ2) is 9.20. The minimum Gasteiger partial charge on any atom is -0.394 e. The summed E-state index contributed by atoms with van der Waals surface area (Å²) in [5.41, 5.74) is 0. The molecule has 0 aromatic carbocycles. The van der Waals surface area contributed by atoms with E-state index >= 15 is 0 Å². The van der Waals surface area contributed by atoms with Gasteiger partial charge in [-0.2, -0.15) is 0 Å². The van der Waals surface area contributed by atoms with E-state index < -0.39 is 36.9 Å². The van der Waals surface area contributed by atoms with Gasteiger partial charge in [-0.05, 0) is 0 Å². The highest BCUT2D eigenvalue weighted by Crippen LogP contribution is 2.06. The Bertz CT molecular complexity index is 238. The second-order valence-electron chi connectivity index (χ2n) is 3.84. The SMILES string of the molecule is CC(=O)NC(COCCO)C(O)C(O)C(O)CO. The molecule has 8 heteroatoms. The van der Waals surface area contributed by atoms with Gasteiger partial charge in [0.15, 0.2) is 0 Å². The van der Waals surface area contributed by atoms with Crippen LogP contribution in [0, 0.1) is 0 Å². The van der Waals surface area contributed by atoms with Crippen LogP contribution in [0.5, 0.6) is 0 Å². The smallest absolute Gasteiger partial charge is 0.217 e. The zero-order chi connectivity index (χ0) is 14.1. The average Bonchev–Trinajstić information content (AvgIpc) is 2.34. The molecule has 4 atom stereocenters. The maximum Gasteiger partial charge on any atom is 0.217 e. The fraction of sp³-hybridized carbons (Fsp3) is 0.900. The summed E-state index contributed by atoms with van der Waals surface area (Å²) in [5.74, 6) is -0.447. The average molecular weight is 267 g/mol. The lowest BCUT2D eigenvalue weighted by Gasteiger charge is -2.29. The first-order chi connectivity index (χ1) is 8.43. The summed E-state index contributed by atoms with van der Waals surface area (Å²) in [5, 5.41) is 48.0. The molecule has 108 valence electrons. The van der Waals surface area contributed by atoms with Gasteiger partial charge in [-0.1, -0.05) is 0 Å². The normalized spacial score (nSPS) is 17.9. The third-order valence-corrected chi connectivity index (χ3v) is 2.27. The Morgan fingerprint density at radius 3 is 2.28 bits per heavy atom. The predicted molar refractivity (Wildman–Crippen MR) is 60.6 cm³/mol. The van der Waals surface area contributed by atoms with Crippen molar-refractivity contribution in [2.24, 2.45) is 0 Å². The van der Waals surface area contributed by atoms with Crippen LogP contribution in [0.25, 0.3) is 0 Å². The van der Waals surface area contributed by atoms with E-state index in [1.54, 1.807) is 0 Å². The third kappa shape index (κ3) is 6.24. The lowest BCUT2D eigenvalue weighted by molar-refractivity contribution is -0.125. The molecule has 0 aromatic heterocycles. The zero-order valence-electron chi connectivity index (χ0n) is 10.2. The Balaban J connectivity index is 4.46. The van der Waals surface area contributed by atoms with Crippen LogP contribution in [0.2, 0.25) is 0 Å². The first kappa shape index (κ1) is 17.2. The van der Waals surface area contributed by atoms with Gasteiger partial charge in [0.2, 0.25) is 5.91 Å². The molecule has 1 amide bonds. The van der Waals surface area contributed by atoms with Gasteiger partial charge < -0.3 is 35.6 Å². The molecule has 0 saturated heterocycles. The summed E-state index contributed by atoms with van der Waals surface area (Å²) < 4.78 is 4.95. The predicted octanol–water partition coefficient (Wildman–Crippen LogP) is -3.42. The van der Waals surface area contributed by atoms with Crippen molar-refractivity contribution in [2.45, 2.75) is 31.3 Å². The van der Waals surface area contributed by atoms with Crippen molar-refractivity contribution in [1.82, 2.24) is 5.32 Å². The summed E-state index contributed by atoms with van der Waals surface area (Å²) in [6.45, 7) is 0.159. The van der Waals surface area contributed by atoms with E-state index in [9.17, 15) is 20.1 Å². The number of aliphatic hydroxyl groups excluding tert-OH is 5. The van der Waals surface area contributed by atoms with Crippen molar-refractivity contribution >= 4 is 5.91 Å². The summed E-state index contributed by atoms with van der Waals surface area (Å²) in [4.78, 5) is 10.9. The molecule has 8 nitrogen and oxygen atoms in total. The van der Waals surface area contributed by atoms with Crippen LogP contribution in [0.3, 0.4) is 0 Å². The van der Waals surface area contributed by atoms with Gasteiger partial charge in [0.1, 0.15) is 18.3 Å². The van der Waals surface area contributed by atoms with Gasteiger partial charge in [0.25, 0.3) is 0 Å². The molecular weight excluding hydrogens is 246 g/mol. The Kier molecular flexibility index (Phi) is 8.81. The first-order valence-electron chi connectivity index (χ1n) is 5.54. The molecule has 0 rings (SSSR count). The van der Waals surface area contributed by atoms with Crippen molar-refractivity contribution in [2.75, 3.05) is 26.4 Å². The maximum atomic E-state index is 10.9. The van der Waals surface area contributed by atoms with Crippen LogP contribution in [0.4, 0.5) is 0 Å². The molecule has 0 spiro atoms. The number of rotatable bonds is 9. The Morgan fingerprint density at radius 1 is 1.22 bits per heavy atom. The molecule has 0 heterocycles. The van der Waals surface area contributed by atoms with E-state index in [1.165, 1.54) is 6.92 Å². The highest BCUT2D eigenvalue weighted by molar-refractivity contribution is 5.73. The highest BCUT2D eigenvalue weighted by atomic mass is 16.5. The molecule has 0 aliphatic carbocycles. The lowest BCUT2D eigenvalue weighted by Crippen LogP contribution is -2.54. The molecule has 0 aliphatic rings. The molecule has 18 heavy (non-hydrogen) atoms. The standard InChI is InChI=1S/C10H21NO7/c1-6(14)11-7(5-18-3-2-12)9(16)10(17)8(15)4-13/h7-10,12-13,15-17H,2-5H2,1H3,(H,11,14). The lowest BCUT2D eigenvalue weighted by atomic mass is 10.0. The number of carbonyl (C=O) groups excluding carboxylic acids is 1. The second-order valence-corrected chi connectivity index (χ2v) is 3.84. The summed E-state index contributed by atoms with van der Waals surface area (Å²) in [7, 11) is 0. The molecule has 6 N–H and O–H groups in total. The molecule has 4 unspecified atom stereocenters. The van der Waals surface area contributed by atoms with E-state index in [2.05, 4.69) is 5.32 Å². The van der Waals surface area contributed by atoms with Gasteiger partial charge in [-0.15, -0.1) is 0 Å². The van der Waals surface area contributed by atoms with Crippen LogP contribution in [-0.4, -0.2) is 82.2 Å². The molecule has 0 bridgehead atoms. The van der Waals surface area contributed by atoms with Crippen LogP contribution in [-0.2, 0) is 9.53 Å². The topological polar surface area (TPSA) is 139 Å². The molecule has 0 radical (unpaired) electrons. The van der Waals surface area contributed by atoms with Gasteiger partial charge in [0, 0.05) is 6.92 Å². The van der Waals surface area contributed by atoms with E-state index in [0.717, 1.165) is 0 Å². The number of carbonyl (C=O) groups is 1. The summed E-state index contributed by atoms with van der Waals surface area (Å²) in [6, 6.07) is -0.953. The maximum absolute atomic E-state index is 10.9. The number of ether oxygens (including phenoxy) is 1. The van der Waals surface area contributed by atoms with Crippen molar-refractivity contribution in [1.29, 1.82) is 0 Å². The monoisotopic (exact) mass is 267 g/mol. The third-order valence-electron chi connectivity index (χ3n) is 2.27. The minimum atomic E-state index is -1.62. The summed E-state index contributed by atoms with van der Waals surface area (Å²) >= 11 is 0. The van der Waals surface area contributed by atoms with Gasteiger partial charge in [-0.25, -0.2) is 0 Å². The van der Waals surface area contributed by atoms with E-state index in [0.29, 0.717) is 0 Å². The van der Waals surface area contributed by atoms with Crippen molar-refractivity contribution in [3.8, 4) is 0 Å². The minimum absolute atomic E-state index is 0.0153. The van der Waals surface area contributed by atoms with Crippen LogP contribution < -0.4 is 5.32 Å². The van der Waals surface area contributed by atoms with Crippen molar-refractivity contribution < 1.29 is 35.1 Å². The molecule has 0 fully saturated rings. The number of hydrogen-bond donors (Lipinski definition) is 6. The molecule has 0 aromatic rings. The van der Waals surface area contributed by atoms with E-state index in [1.807, 2.05) is 0 Å². The van der Waals surface area contributed by atoms with Crippen molar-refractivity contribution in [3.05, 3.63) is 0 Å². The van der Waals surface area contributed by atoms with E-state index in [-0.39, 0.29) is 19.8 Å². The van der Waals surface area contributed by atoms with Crippen LogP contribution in [0.1, 0.15) is 6.92 Å². The molecule has 0 saturated carbocycles. The first-order valence-corrected chi connectivity index (χ1v) is 5.54. The Labute approximate surface area is 105 Å². The summed E-state index contributed by atoms with van der Waals surface area (Å²) in [6.07, 6.45) is -4.64. The van der Waals surface area contributed by atoms with Crippen LogP contribution in [0.15, 0.2) is 0 Å². The Morgan fingerprint density at radius 2 is 1.83 bits per heavy atom. The zero-order valence-corrected chi connectivity index (χ0v) is 10.2. The van der Waals surface area contributed by atoms with Gasteiger partial charge in [0.05, 0.1) is 32.5 Å². The van der Waals surface area contributed by atoms with Crippen LogP contribution >= 0.6 is 0 Å². The quantitative estimate of drug-likeness (QED) is 0.239. The Hall–Kier alpha value is -0.770. The van der Waals surface area contributed by atoms with E-state index in [4.69, 9.17) is 14.9 Å². The fourth-order valence-corrected chi connectivity index (χ4v) is 1.34. The number of amides is 1. The largest absolute Gasteiger partial charge is 0.394 e. The highest BCUT2D eigenvalue weighted by Gasteiger charge is 2.31. The molecule has 0 aliphatic heterocycles. The van der Waals surface area contributed by atoms with Gasteiger partial charge >= 0.3 is 0 Å². The number of aliphatic hydroxyl groups is 5. The van der Waals surface area contributed by atoms with Crippen molar-refractivity contribution in [3.63, 3.8) is 0 Å². The fourth-order valence-electron chi connectivity index (χ4n) is 1.34. The van der Waals surface area contributed by atoms with Gasteiger partial charge in [-0.3, -0.25) is 4.79 Å². The number of hydrogen-bond acceptors (Lipinski definition) is 7. The molecular formula is C10H21NO7. The number of nitrogens with one attached hydrogen (secondary N) is 1.